The number of esters is 1. The van der Waals surface area contributed by atoms with E-state index in [4.69, 9.17) is 20.8 Å². The predicted octanol–water partition coefficient (Wildman–Crippen LogP) is 3.64. The Balaban J connectivity index is 2.17. The highest BCUT2D eigenvalue weighted by molar-refractivity contribution is 6.28. The molecule has 0 unspecified atom stereocenters. The van der Waals surface area contributed by atoms with Crippen LogP contribution < -0.4 is 5.32 Å². The van der Waals surface area contributed by atoms with Gasteiger partial charge in [0.2, 0.25) is 0 Å². The monoisotopic (exact) mass is 279 g/mol. The first-order valence-electron chi connectivity index (χ1n) is 5.77. The molecule has 0 saturated carbocycles. The topological polar surface area (TPSA) is 51.5 Å². The number of furan rings is 1. The number of rotatable bonds is 4. The average molecular weight is 280 g/mol. The number of halogens is 1. The Hall–Kier alpha value is -1.94. The molecule has 0 aliphatic rings. The van der Waals surface area contributed by atoms with Gasteiger partial charge in [-0.2, -0.15) is 0 Å². The molecule has 0 bridgehead atoms. The summed E-state index contributed by atoms with van der Waals surface area (Å²) < 4.78 is 10.0. The molecule has 0 radical (unpaired) electrons. The molecule has 0 fully saturated rings. The maximum Gasteiger partial charge on any atom is 0.339 e. The number of carbonyl (C=O) groups is 1. The lowest BCUT2D eigenvalue weighted by atomic mass is 10.1. The zero-order valence-corrected chi connectivity index (χ0v) is 11.5. The smallest absolute Gasteiger partial charge is 0.339 e. The van der Waals surface area contributed by atoms with Crippen molar-refractivity contribution in [1.82, 2.24) is 0 Å². The molecule has 2 aromatic rings. The normalized spacial score (nSPS) is 10.3. The van der Waals surface area contributed by atoms with E-state index in [0.717, 1.165) is 5.56 Å². The van der Waals surface area contributed by atoms with Gasteiger partial charge in [0.1, 0.15) is 5.76 Å². The number of benzene rings is 1. The standard InChI is InChI=1S/C14H14ClNO3/c1-9-3-5-12(11(7-9)14(17)18-2)16-8-10-4-6-13(15)19-10/h3-7,16H,8H2,1-2H3. The van der Waals surface area contributed by atoms with Crippen molar-refractivity contribution < 1.29 is 13.9 Å². The molecule has 2 rings (SSSR count). The van der Waals surface area contributed by atoms with Crippen molar-refractivity contribution >= 4 is 23.3 Å². The van der Waals surface area contributed by atoms with Gasteiger partial charge in [-0.05, 0) is 42.8 Å². The van der Waals surface area contributed by atoms with Gasteiger partial charge in [-0.3, -0.25) is 0 Å². The molecule has 0 aliphatic heterocycles. The molecule has 0 saturated heterocycles. The number of hydrogen-bond donors (Lipinski definition) is 1. The molecule has 0 aliphatic carbocycles. The van der Waals surface area contributed by atoms with E-state index in [2.05, 4.69) is 5.32 Å². The third kappa shape index (κ3) is 3.29. The zero-order chi connectivity index (χ0) is 13.8. The fourth-order valence-electron chi connectivity index (χ4n) is 1.72. The Morgan fingerprint density at radius 1 is 1.37 bits per heavy atom. The van der Waals surface area contributed by atoms with E-state index in [-0.39, 0.29) is 5.97 Å². The van der Waals surface area contributed by atoms with Crippen LogP contribution in [0.2, 0.25) is 5.22 Å². The molecular formula is C14H14ClNO3. The van der Waals surface area contributed by atoms with Gasteiger partial charge in [-0.25, -0.2) is 4.79 Å². The molecule has 19 heavy (non-hydrogen) atoms. The average Bonchev–Trinajstić information content (AvgIpc) is 2.82. The Morgan fingerprint density at radius 3 is 2.79 bits per heavy atom. The second-order valence-corrected chi connectivity index (χ2v) is 4.47. The first kappa shape index (κ1) is 13.5. The van der Waals surface area contributed by atoms with E-state index in [1.54, 1.807) is 18.2 Å². The number of methoxy groups -OCH3 is 1. The SMILES string of the molecule is COC(=O)c1cc(C)ccc1NCc1ccc(Cl)o1. The van der Waals surface area contributed by atoms with Gasteiger partial charge in [-0.1, -0.05) is 11.6 Å². The number of anilines is 1. The van der Waals surface area contributed by atoms with Crippen molar-refractivity contribution in [1.29, 1.82) is 0 Å². The molecular weight excluding hydrogens is 266 g/mol. The number of hydrogen-bond acceptors (Lipinski definition) is 4. The minimum atomic E-state index is -0.372. The summed E-state index contributed by atoms with van der Waals surface area (Å²) in [5.41, 5.74) is 2.19. The van der Waals surface area contributed by atoms with E-state index < -0.39 is 0 Å². The largest absolute Gasteiger partial charge is 0.465 e. The van der Waals surface area contributed by atoms with Crippen LogP contribution in [0, 0.1) is 6.92 Å². The van der Waals surface area contributed by atoms with Gasteiger partial charge in [0.05, 0.1) is 19.2 Å². The van der Waals surface area contributed by atoms with Crippen molar-refractivity contribution in [2.45, 2.75) is 13.5 Å². The molecule has 1 N–H and O–H groups in total. The van der Waals surface area contributed by atoms with Crippen molar-refractivity contribution in [3.8, 4) is 0 Å². The molecule has 0 spiro atoms. The van der Waals surface area contributed by atoms with Gasteiger partial charge < -0.3 is 14.5 Å². The lowest BCUT2D eigenvalue weighted by molar-refractivity contribution is 0.0601. The summed E-state index contributed by atoms with van der Waals surface area (Å²) in [5.74, 6) is 0.324. The molecule has 5 heteroatoms. The van der Waals surface area contributed by atoms with Crippen LogP contribution in [0.4, 0.5) is 5.69 Å². The van der Waals surface area contributed by atoms with Crippen LogP contribution >= 0.6 is 11.6 Å². The maximum absolute atomic E-state index is 11.7. The first-order chi connectivity index (χ1) is 9.10. The highest BCUT2D eigenvalue weighted by atomic mass is 35.5. The number of ether oxygens (including phenoxy) is 1. The number of carbonyl (C=O) groups excluding carboxylic acids is 1. The summed E-state index contributed by atoms with van der Waals surface area (Å²) in [6, 6.07) is 9.00. The maximum atomic E-state index is 11.7. The minimum absolute atomic E-state index is 0.342. The van der Waals surface area contributed by atoms with E-state index in [1.807, 2.05) is 19.1 Å². The Morgan fingerprint density at radius 2 is 2.16 bits per heavy atom. The second kappa shape index (κ2) is 5.80. The van der Waals surface area contributed by atoms with Crippen molar-refractivity contribution in [3.63, 3.8) is 0 Å². The molecule has 1 aromatic heterocycles. The van der Waals surface area contributed by atoms with Crippen LogP contribution in [0.1, 0.15) is 21.7 Å². The van der Waals surface area contributed by atoms with Gasteiger partial charge in [0, 0.05) is 5.69 Å². The fourth-order valence-corrected chi connectivity index (χ4v) is 1.88. The van der Waals surface area contributed by atoms with Crippen LogP contribution in [0.5, 0.6) is 0 Å². The van der Waals surface area contributed by atoms with Crippen LogP contribution in [0.15, 0.2) is 34.7 Å². The predicted molar refractivity (Wildman–Crippen MR) is 73.6 cm³/mol. The summed E-state index contributed by atoms with van der Waals surface area (Å²) in [4.78, 5) is 11.7. The van der Waals surface area contributed by atoms with Crippen molar-refractivity contribution in [2.75, 3.05) is 12.4 Å². The molecule has 0 atom stereocenters. The number of aryl methyl sites for hydroxylation is 1. The summed E-state index contributed by atoms with van der Waals surface area (Å²) in [6.07, 6.45) is 0. The molecule has 1 heterocycles. The highest BCUT2D eigenvalue weighted by Crippen LogP contribution is 2.20. The molecule has 0 amide bonds. The van der Waals surface area contributed by atoms with Gasteiger partial charge in [0.25, 0.3) is 0 Å². The van der Waals surface area contributed by atoms with E-state index in [0.29, 0.717) is 28.8 Å². The van der Waals surface area contributed by atoms with Crippen LogP contribution in [-0.4, -0.2) is 13.1 Å². The van der Waals surface area contributed by atoms with E-state index in [1.165, 1.54) is 7.11 Å². The summed E-state index contributed by atoms with van der Waals surface area (Å²) in [7, 11) is 1.36. The quantitative estimate of drug-likeness (QED) is 0.868. The third-order valence-electron chi connectivity index (χ3n) is 2.66. The number of nitrogens with one attached hydrogen (secondary N) is 1. The fraction of sp³-hybridized carbons (Fsp3) is 0.214. The molecule has 4 nitrogen and oxygen atoms in total. The van der Waals surface area contributed by atoms with Crippen LogP contribution in [0.25, 0.3) is 0 Å². The summed E-state index contributed by atoms with van der Waals surface area (Å²) >= 11 is 5.70. The third-order valence-corrected chi connectivity index (χ3v) is 2.87. The van der Waals surface area contributed by atoms with Crippen molar-refractivity contribution in [3.05, 3.63) is 52.4 Å². The minimum Gasteiger partial charge on any atom is -0.465 e. The lowest BCUT2D eigenvalue weighted by Crippen LogP contribution is -2.08. The van der Waals surface area contributed by atoms with Crippen LogP contribution in [0.3, 0.4) is 0 Å². The molecule has 1 aromatic carbocycles. The van der Waals surface area contributed by atoms with Gasteiger partial charge in [-0.15, -0.1) is 0 Å². The van der Waals surface area contributed by atoms with E-state index in [9.17, 15) is 4.79 Å². The Kier molecular flexibility index (Phi) is 4.12. The first-order valence-corrected chi connectivity index (χ1v) is 6.15. The lowest BCUT2D eigenvalue weighted by Gasteiger charge is -2.10. The van der Waals surface area contributed by atoms with Crippen LogP contribution in [-0.2, 0) is 11.3 Å². The van der Waals surface area contributed by atoms with Crippen molar-refractivity contribution in [2.24, 2.45) is 0 Å². The summed E-state index contributed by atoms with van der Waals surface area (Å²) in [5, 5.41) is 3.47. The summed E-state index contributed by atoms with van der Waals surface area (Å²) in [6.45, 7) is 2.36. The second-order valence-electron chi connectivity index (χ2n) is 4.10. The van der Waals surface area contributed by atoms with Gasteiger partial charge in [0.15, 0.2) is 5.22 Å². The molecule has 100 valence electrons. The Labute approximate surface area is 116 Å². The zero-order valence-electron chi connectivity index (χ0n) is 10.7. The Bertz CT molecular complexity index is 592. The van der Waals surface area contributed by atoms with E-state index >= 15 is 0 Å². The highest BCUT2D eigenvalue weighted by Gasteiger charge is 2.12. The van der Waals surface area contributed by atoms with Gasteiger partial charge >= 0.3 is 5.97 Å².